The Labute approximate surface area is 105 Å². The summed E-state index contributed by atoms with van der Waals surface area (Å²) < 4.78 is 4.73. The van der Waals surface area contributed by atoms with Gasteiger partial charge in [-0.2, -0.15) is 0 Å². The summed E-state index contributed by atoms with van der Waals surface area (Å²) in [5, 5.41) is 11.6. The molecule has 1 aromatic rings. The number of allylic oxidation sites excluding steroid dienone is 1. The highest BCUT2D eigenvalue weighted by molar-refractivity contribution is 5.66. The monoisotopic (exact) mass is 242 g/mol. The van der Waals surface area contributed by atoms with Crippen molar-refractivity contribution < 1.29 is 9.84 Å². The first-order valence-corrected chi connectivity index (χ1v) is 5.87. The average molecular weight is 242 g/mol. The smallest absolute Gasteiger partial charge is 0.293 e. The van der Waals surface area contributed by atoms with Crippen molar-refractivity contribution in [3.05, 3.63) is 58.9 Å². The van der Waals surface area contributed by atoms with Crippen LogP contribution in [0.2, 0.25) is 0 Å². The number of benzene rings is 1. The molecule has 4 heteroatoms. The zero-order chi connectivity index (χ0) is 12.5. The zero-order valence-corrected chi connectivity index (χ0v) is 10.1. The number of hydrogen-bond donors (Lipinski definition) is 1. The average Bonchev–Trinajstić information content (AvgIpc) is 2.76. The van der Waals surface area contributed by atoms with Gasteiger partial charge in [-0.1, -0.05) is 18.2 Å². The molecule has 4 nitrogen and oxygen atoms in total. The van der Waals surface area contributed by atoms with Crippen molar-refractivity contribution in [2.75, 3.05) is 13.7 Å². The second-order valence-electron chi connectivity index (χ2n) is 4.28. The van der Waals surface area contributed by atoms with Crippen LogP contribution < -0.4 is 10.6 Å². The number of ether oxygens (including phenoxy) is 1. The number of methoxy groups -OCH3 is 1. The minimum atomic E-state index is -0.0918. The standard InChI is InChI=1S/C14H14N2O2/c1-18-14(17)9-16-7-6-11-10-4-2-3-5-12(10)15-13(11)8-16/h2-5,8-9,17H,6-7H2,1H3/b14-9-. The fraction of sp³-hybridized carbons (Fsp3) is 0.214. The van der Waals surface area contributed by atoms with Crippen LogP contribution >= 0.6 is 0 Å². The van der Waals surface area contributed by atoms with E-state index in [2.05, 4.69) is 11.1 Å². The first-order chi connectivity index (χ1) is 8.78. The molecule has 0 bridgehead atoms. The highest BCUT2D eigenvalue weighted by atomic mass is 16.6. The quantitative estimate of drug-likeness (QED) is 0.788. The van der Waals surface area contributed by atoms with Gasteiger partial charge in [-0.05, 0) is 18.1 Å². The van der Waals surface area contributed by atoms with Gasteiger partial charge in [0.25, 0.3) is 5.95 Å². The van der Waals surface area contributed by atoms with Crippen molar-refractivity contribution in [3.8, 4) is 0 Å². The number of para-hydroxylation sites is 1. The van der Waals surface area contributed by atoms with Crippen LogP contribution in [0.1, 0.15) is 6.42 Å². The van der Waals surface area contributed by atoms with Crippen molar-refractivity contribution >= 4 is 5.57 Å². The number of aliphatic hydroxyl groups excluding tert-OH is 1. The van der Waals surface area contributed by atoms with E-state index in [1.807, 2.05) is 29.3 Å². The van der Waals surface area contributed by atoms with Gasteiger partial charge in [0.1, 0.15) is 0 Å². The maximum Gasteiger partial charge on any atom is 0.293 e. The Morgan fingerprint density at radius 3 is 3.11 bits per heavy atom. The van der Waals surface area contributed by atoms with Crippen molar-refractivity contribution in [2.45, 2.75) is 6.42 Å². The van der Waals surface area contributed by atoms with E-state index in [9.17, 15) is 5.11 Å². The van der Waals surface area contributed by atoms with Crippen molar-refractivity contribution in [1.29, 1.82) is 0 Å². The van der Waals surface area contributed by atoms with Gasteiger partial charge in [0.15, 0.2) is 0 Å². The van der Waals surface area contributed by atoms with Gasteiger partial charge >= 0.3 is 0 Å². The van der Waals surface area contributed by atoms with Gasteiger partial charge in [-0.15, -0.1) is 0 Å². The van der Waals surface area contributed by atoms with Crippen molar-refractivity contribution in [2.24, 2.45) is 4.99 Å². The predicted octanol–water partition coefficient (Wildman–Crippen LogP) is 1.02. The highest BCUT2D eigenvalue weighted by Crippen LogP contribution is 2.24. The van der Waals surface area contributed by atoms with E-state index in [-0.39, 0.29) is 5.95 Å². The lowest BCUT2D eigenvalue weighted by Gasteiger charge is -2.22. The first-order valence-electron chi connectivity index (χ1n) is 5.87. The summed E-state index contributed by atoms with van der Waals surface area (Å²) >= 11 is 0. The van der Waals surface area contributed by atoms with Crippen molar-refractivity contribution in [3.63, 3.8) is 0 Å². The molecule has 0 spiro atoms. The molecule has 0 unspecified atom stereocenters. The molecule has 92 valence electrons. The maximum atomic E-state index is 9.35. The van der Waals surface area contributed by atoms with Gasteiger partial charge in [0.2, 0.25) is 0 Å². The molecule has 0 aliphatic carbocycles. The Hall–Kier alpha value is -2.23. The molecule has 1 N–H and O–H groups in total. The molecule has 0 saturated carbocycles. The SMILES string of the molecule is CO/C(O)=C\N1C=C2N=c3ccccc3=C2CC1. The van der Waals surface area contributed by atoms with Crippen LogP contribution in [-0.2, 0) is 4.74 Å². The Balaban J connectivity index is 2.03. The van der Waals surface area contributed by atoms with E-state index < -0.39 is 0 Å². The molecule has 0 saturated heterocycles. The first kappa shape index (κ1) is 10.9. The molecule has 2 aliphatic rings. The summed E-state index contributed by atoms with van der Waals surface area (Å²) in [5.74, 6) is -0.0918. The molecule has 2 aliphatic heterocycles. The van der Waals surface area contributed by atoms with Gasteiger partial charge in [0.05, 0.1) is 24.4 Å². The summed E-state index contributed by atoms with van der Waals surface area (Å²) in [4.78, 5) is 6.48. The lowest BCUT2D eigenvalue weighted by molar-refractivity contribution is 0.128. The summed E-state index contributed by atoms with van der Waals surface area (Å²) in [6, 6.07) is 8.16. The molecular weight excluding hydrogens is 228 g/mol. The van der Waals surface area contributed by atoms with Crippen LogP contribution in [0.4, 0.5) is 0 Å². The lowest BCUT2D eigenvalue weighted by atomic mass is 10.1. The summed E-state index contributed by atoms with van der Waals surface area (Å²) in [6.45, 7) is 0.816. The molecule has 18 heavy (non-hydrogen) atoms. The van der Waals surface area contributed by atoms with Crippen LogP contribution in [0.25, 0.3) is 5.57 Å². The molecule has 0 atom stereocenters. The van der Waals surface area contributed by atoms with Gasteiger partial charge in [-0.25, -0.2) is 4.99 Å². The third kappa shape index (κ3) is 1.76. The van der Waals surface area contributed by atoms with Crippen LogP contribution in [-0.4, -0.2) is 23.7 Å². The van der Waals surface area contributed by atoms with E-state index in [4.69, 9.17) is 4.74 Å². The van der Waals surface area contributed by atoms with Crippen LogP contribution in [0.15, 0.2) is 53.3 Å². The van der Waals surface area contributed by atoms with E-state index in [1.165, 1.54) is 17.9 Å². The minimum absolute atomic E-state index is 0.0918. The number of rotatable bonds is 2. The molecule has 1 aromatic carbocycles. The van der Waals surface area contributed by atoms with Gasteiger partial charge in [0, 0.05) is 18.0 Å². The summed E-state index contributed by atoms with van der Waals surface area (Å²) in [5.41, 5.74) is 2.26. The van der Waals surface area contributed by atoms with E-state index >= 15 is 0 Å². The number of aliphatic hydroxyl groups is 1. The van der Waals surface area contributed by atoms with Crippen molar-refractivity contribution in [1.82, 2.24) is 4.90 Å². The maximum absolute atomic E-state index is 9.35. The van der Waals surface area contributed by atoms with Crippen LogP contribution in [0.5, 0.6) is 0 Å². The fourth-order valence-corrected chi connectivity index (χ4v) is 2.29. The molecular formula is C14H14N2O2. The molecule has 0 fully saturated rings. The molecule has 0 aromatic heterocycles. The van der Waals surface area contributed by atoms with E-state index in [0.717, 1.165) is 24.0 Å². The Morgan fingerprint density at radius 2 is 2.28 bits per heavy atom. The normalized spacial score (nSPS) is 17.8. The molecule has 0 radical (unpaired) electrons. The predicted molar refractivity (Wildman–Crippen MR) is 67.8 cm³/mol. The van der Waals surface area contributed by atoms with Gasteiger partial charge < -0.3 is 14.7 Å². The third-order valence-electron chi connectivity index (χ3n) is 3.17. The topological polar surface area (TPSA) is 45.1 Å². The fourth-order valence-electron chi connectivity index (χ4n) is 2.29. The minimum Gasteiger partial charge on any atom is -0.480 e. The lowest BCUT2D eigenvalue weighted by Crippen LogP contribution is -2.24. The Morgan fingerprint density at radius 1 is 1.44 bits per heavy atom. The molecule has 0 amide bonds. The number of fused-ring (bicyclic) bond motifs is 2. The molecule has 3 rings (SSSR count). The number of hydrogen-bond acceptors (Lipinski definition) is 4. The van der Waals surface area contributed by atoms with Crippen LogP contribution in [0.3, 0.4) is 0 Å². The summed E-state index contributed by atoms with van der Waals surface area (Å²) in [6.07, 6.45) is 4.43. The van der Waals surface area contributed by atoms with E-state index in [0.29, 0.717) is 0 Å². The second-order valence-corrected chi connectivity index (χ2v) is 4.28. The second kappa shape index (κ2) is 4.22. The van der Waals surface area contributed by atoms with Crippen LogP contribution in [0, 0.1) is 0 Å². The van der Waals surface area contributed by atoms with Gasteiger partial charge in [-0.3, -0.25) is 0 Å². The number of nitrogens with zero attached hydrogens (tertiary/aromatic N) is 2. The van der Waals surface area contributed by atoms with E-state index in [1.54, 1.807) is 6.20 Å². The molecule has 2 heterocycles. The summed E-state index contributed by atoms with van der Waals surface area (Å²) in [7, 11) is 1.44. The highest BCUT2D eigenvalue weighted by Gasteiger charge is 2.18. The zero-order valence-electron chi connectivity index (χ0n) is 10.1. The Bertz CT molecular complexity index is 659. The largest absolute Gasteiger partial charge is 0.480 e. The Kier molecular flexibility index (Phi) is 2.55. The third-order valence-corrected chi connectivity index (χ3v) is 3.17.